The number of carbonyl (C=O) groups is 1. The summed E-state index contributed by atoms with van der Waals surface area (Å²) < 4.78 is 10.8. The van der Waals surface area contributed by atoms with Gasteiger partial charge in [-0.2, -0.15) is 0 Å². The normalized spacial score (nSPS) is 20.6. The van der Waals surface area contributed by atoms with E-state index in [9.17, 15) is 4.79 Å². The van der Waals surface area contributed by atoms with Gasteiger partial charge < -0.3 is 19.7 Å². The average Bonchev–Trinajstić information content (AvgIpc) is 2.29. The molecular formula is C11H22N2O3. The Kier molecular flexibility index (Phi) is 5.73. The fourth-order valence-electron chi connectivity index (χ4n) is 1.78. The standard InChI is InChI=1S/C11H22N2O3/c1-9(8-12-3)16-10(2)11(14)13-4-6-15-7-5-13/h9-10,12H,4-8H2,1-3H3. The number of likely N-dealkylation sites (N-methyl/N-ethyl adjacent to an activating group) is 1. The maximum atomic E-state index is 12.0. The van der Waals surface area contributed by atoms with E-state index in [2.05, 4.69) is 5.32 Å². The summed E-state index contributed by atoms with van der Waals surface area (Å²) in [7, 11) is 1.87. The fraction of sp³-hybridized carbons (Fsp3) is 0.909. The Morgan fingerprint density at radius 2 is 2.06 bits per heavy atom. The Hall–Kier alpha value is -0.650. The summed E-state index contributed by atoms with van der Waals surface area (Å²) in [6.07, 6.45) is -0.327. The van der Waals surface area contributed by atoms with Crippen molar-refractivity contribution in [3.63, 3.8) is 0 Å². The second-order valence-electron chi connectivity index (χ2n) is 4.08. The molecule has 5 nitrogen and oxygen atoms in total. The summed E-state index contributed by atoms with van der Waals surface area (Å²) in [5.74, 6) is 0.0613. The molecule has 0 bridgehead atoms. The lowest BCUT2D eigenvalue weighted by molar-refractivity contribution is -0.149. The predicted molar refractivity (Wildman–Crippen MR) is 61.3 cm³/mol. The van der Waals surface area contributed by atoms with Crippen molar-refractivity contribution in [3.8, 4) is 0 Å². The van der Waals surface area contributed by atoms with Gasteiger partial charge in [-0.3, -0.25) is 4.79 Å². The first-order valence-corrected chi connectivity index (χ1v) is 5.81. The number of ether oxygens (including phenoxy) is 2. The molecule has 0 aromatic rings. The van der Waals surface area contributed by atoms with Crippen LogP contribution in [-0.4, -0.2) is 62.9 Å². The first-order chi connectivity index (χ1) is 7.65. The van der Waals surface area contributed by atoms with Gasteiger partial charge in [0.1, 0.15) is 6.10 Å². The minimum atomic E-state index is -0.374. The van der Waals surface area contributed by atoms with Gasteiger partial charge in [0.25, 0.3) is 5.91 Å². The van der Waals surface area contributed by atoms with Crippen molar-refractivity contribution in [2.24, 2.45) is 0 Å². The second kappa shape index (κ2) is 6.83. The van der Waals surface area contributed by atoms with Crippen molar-refractivity contribution in [2.45, 2.75) is 26.1 Å². The lowest BCUT2D eigenvalue weighted by atomic mass is 10.3. The minimum absolute atomic E-state index is 0.0463. The molecule has 1 aliphatic rings. The van der Waals surface area contributed by atoms with Crippen LogP contribution in [0.1, 0.15) is 13.8 Å². The van der Waals surface area contributed by atoms with E-state index in [-0.39, 0.29) is 18.1 Å². The van der Waals surface area contributed by atoms with Gasteiger partial charge in [-0.25, -0.2) is 0 Å². The average molecular weight is 230 g/mol. The summed E-state index contributed by atoms with van der Waals surface area (Å²) in [5, 5.41) is 3.02. The van der Waals surface area contributed by atoms with Crippen LogP contribution in [0.15, 0.2) is 0 Å². The lowest BCUT2D eigenvalue weighted by Gasteiger charge is -2.30. The van der Waals surface area contributed by atoms with Gasteiger partial charge in [-0.05, 0) is 20.9 Å². The van der Waals surface area contributed by atoms with E-state index in [1.54, 1.807) is 4.90 Å². The van der Waals surface area contributed by atoms with Crippen molar-refractivity contribution in [1.82, 2.24) is 10.2 Å². The van der Waals surface area contributed by atoms with Gasteiger partial charge in [-0.1, -0.05) is 0 Å². The van der Waals surface area contributed by atoms with E-state index in [0.29, 0.717) is 26.3 Å². The Morgan fingerprint density at radius 3 is 2.62 bits per heavy atom. The molecule has 0 spiro atoms. The molecule has 1 saturated heterocycles. The van der Waals surface area contributed by atoms with Crippen LogP contribution < -0.4 is 5.32 Å². The molecule has 0 aromatic heterocycles. The van der Waals surface area contributed by atoms with Crippen LogP contribution in [0, 0.1) is 0 Å². The number of hydrogen-bond donors (Lipinski definition) is 1. The summed E-state index contributed by atoms with van der Waals surface area (Å²) in [4.78, 5) is 13.8. The SMILES string of the molecule is CNCC(C)OC(C)C(=O)N1CCOCC1. The Morgan fingerprint density at radius 1 is 1.44 bits per heavy atom. The molecule has 2 atom stereocenters. The Bertz CT molecular complexity index is 217. The van der Waals surface area contributed by atoms with E-state index in [1.807, 2.05) is 20.9 Å². The summed E-state index contributed by atoms with van der Waals surface area (Å²) in [6, 6.07) is 0. The van der Waals surface area contributed by atoms with Gasteiger partial charge in [0, 0.05) is 19.6 Å². The molecule has 1 N–H and O–H groups in total. The number of nitrogens with zero attached hydrogens (tertiary/aromatic N) is 1. The molecule has 1 aliphatic heterocycles. The second-order valence-corrected chi connectivity index (χ2v) is 4.08. The van der Waals surface area contributed by atoms with Crippen molar-refractivity contribution >= 4 is 5.91 Å². The Labute approximate surface area is 97.1 Å². The number of morpholine rings is 1. The van der Waals surface area contributed by atoms with E-state index in [0.717, 1.165) is 6.54 Å². The van der Waals surface area contributed by atoms with Crippen LogP contribution in [-0.2, 0) is 14.3 Å². The van der Waals surface area contributed by atoms with Crippen LogP contribution in [0.5, 0.6) is 0 Å². The molecular weight excluding hydrogens is 208 g/mol. The quantitative estimate of drug-likeness (QED) is 0.714. The van der Waals surface area contributed by atoms with Crippen molar-refractivity contribution in [1.29, 1.82) is 0 Å². The topological polar surface area (TPSA) is 50.8 Å². The zero-order valence-electron chi connectivity index (χ0n) is 10.4. The van der Waals surface area contributed by atoms with Crippen LogP contribution in [0.4, 0.5) is 0 Å². The van der Waals surface area contributed by atoms with Crippen LogP contribution in [0.3, 0.4) is 0 Å². The monoisotopic (exact) mass is 230 g/mol. The first kappa shape index (κ1) is 13.4. The maximum absolute atomic E-state index is 12.0. The third-order valence-corrected chi connectivity index (χ3v) is 2.60. The van der Waals surface area contributed by atoms with E-state index < -0.39 is 0 Å². The zero-order valence-corrected chi connectivity index (χ0v) is 10.4. The molecule has 1 amide bonds. The van der Waals surface area contributed by atoms with Gasteiger partial charge in [0.2, 0.25) is 0 Å². The summed E-state index contributed by atoms with van der Waals surface area (Å²) in [5.41, 5.74) is 0. The number of amides is 1. The highest BCUT2D eigenvalue weighted by molar-refractivity contribution is 5.80. The van der Waals surface area contributed by atoms with Crippen LogP contribution in [0.2, 0.25) is 0 Å². The van der Waals surface area contributed by atoms with Crippen LogP contribution >= 0.6 is 0 Å². The minimum Gasteiger partial charge on any atom is -0.378 e. The predicted octanol–water partition coefficient (Wildman–Crippen LogP) is -0.142. The largest absolute Gasteiger partial charge is 0.378 e. The van der Waals surface area contributed by atoms with Gasteiger partial charge in [0.15, 0.2) is 0 Å². The molecule has 0 aromatic carbocycles. The number of rotatable bonds is 5. The zero-order chi connectivity index (χ0) is 12.0. The smallest absolute Gasteiger partial charge is 0.251 e. The third-order valence-electron chi connectivity index (χ3n) is 2.60. The molecule has 16 heavy (non-hydrogen) atoms. The van der Waals surface area contributed by atoms with Gasteiger partial charge in [0.05, 0.1) is 19.3 Å². The summed E-state index contributed by atoms with van der Waals surface area (Å²) in [6.45, 7) is 7.12. The Balaban J connectivity index is 2.34. The van der Waals surface area contributed by atoms with Gasteiger partial charge in [-0.15, -0.1) is 0 Å². The highest BCUT2D eigenvalue weighted by Crippen LogP contribution is 2.05. The molecule has 0 saturated carbocycles. The van der Waals surface area contributed by atoms with Crippen molar-refractivity contribution in [2.75, 3.05) is 39.9 Å². The molecule has 94 valence electrons. The maximum Gasteiger partial charge on any atom is 0.251 e. The van der Waals surface area contributed by atoms with E-state index in [1.165, 1.54) is 0 Å². The highest BCUT2D eigenvalue weighted by atomic mass is 16.5. The molecule has 1 rings (SSSR count). The molecule has 1 fully saturated rings. The third kappa shape index (κ3) is 4.08. The highest BCUT2D eigenvalue weighted by Gasteiger charge is 2.24. The number of carbonyl (C=O) groups excluding carboxylic acids is 1. The molecule has 0 aliphatic carbocycles. The molecule has 1 heterocycles. The van der Waals surface area contributed by atoms with Crippen LogP contribution in [0.25, 0.3) is 0 Å². The number of nitrogens with one attached hydrogen (secondary N) is 1. The van der Waals surface area contributed by atoms with Crippen molar-refractivity contribution in [3.05, 3.63) is 0 Å². The van der Waals surface area contributed by atoms with E-state index >= 15 is 0 Å². The van der Waals surface area contributed by atoms with E-state index in [4.69, 9.17) is 9.47 Å². The lowest BCUT2D eigenvalue weighted by Crippen LogP contribution is -2.46. The molecule has 5 heteroatoms. The van der Waals surface area contributed by atoms with Crippen molar-refractivity contribution < 1.29 is 14.3 Å². The number of hydrogen-bond acceptors (Lipinski definition) is 4. The molecule has 2 unspecified atom stereocenters. The fourth-order valence-corrected chi connectivity index (χ4v) is 1.78. The first-order valence-electron chi connectivity index (χ1n) is 5.81. The van der Waals surface area contributed by atoms with Gasteiger partial charge >= 0.3 is 0 Å². The summed E-state index contributed by atoms with van der Waals surface area (Å²) >= 11 is 0. The molecule has 0 radical (unpaired) electrons.